The maximum absolute atomic E-state index is 16.5. The molecule has 476 valence electrons. The highest BCUT2D eigenvalue weighted by atomic mass is 27.2. The van der Waals surface area contributed by atoms with Gasteiger partial charge in [0.2, 0.25) is 23.3 Å². The van der Waals surface area contributed by atoms with Crippen LogP contribution in [0.15, 0.2) is 0 Å². The summed E-state index contributed by atoms with van der Waals surface area (Å²) >= 11 is -6.07. The van der Waals surface area contributed by atoms with Gasteiger partial charge in [-0.2, -0.15) is 0 Å². The molecule has 0 saturated heterocycles. The van der Waals surface area contributed by atoms with Crippen LogP contribution in [-0.2, 0) is 7.58 Å². The summed E-state index contributed by atoms with van der Waals surface area (Å²) in [5.41, 5.74) is -38.1. The van der Waals surface area contributed by atoms with Crippen molar-refractivity contribution in [2.45, 2.75) is 18.0 Å². The van der Waals surface area contributed by atoms with Crippen LogP contribution in [0.1, 0.15) is 34.5 Å². The molecule has 8 aromatic rings. The molecular formula is C51H5AlF36O2. The first-order valence-electron chi connectivity index (χ1n) is 22.5. The van der Waals surface area contributed by atoms with E-state index in [2.05, 4.69) is 0 Å². The molecule has 0 heterocycles. The van der Waals surface area contributed by atoms with Gasteiger partial charge >= 0.3 is 14.8 Å². The number of halogens is 36. The molecule has 0 saturated carbocycles. The van der Waals surface area contributed by atoms with Gasteiger partial charge in [0, 0.05) is 0 Å². The fraction of sp³-hybridized carbons (Fsp3) is 0.0588. The summed E-state index contributed by atoms with van der Waals surface area (Å²) in [6.07, 6.45) is -9.40. The SMILES string of the molecule is [CH3][Al]([O]C(c1c(F)c(F)c(-c2c(F)c(F)c(F)c(F)c2F)c(F)c1F)c1c(F)c(F)c(-c2c(F)c(F)c(F)c(F)c2F)c(F)c1F)[O]C(c1c(F)c(F)c(-c2c(F)c(F)c(F)c(F)c2F)c(F)c1F)c1c(F)c(F)c(-c2c(F)c(F)c(F)c(F)c2F)c(F)c1F. The van der Waals surface area contributed by atoms with Crippen molar-refractivity contribution >= 4 is 14.8 Å². The van der Waals surface area contributed by atoms with E-state index in [0.717, 1.165) is 0 Å². The Kier molecular flexibility index (Phi) is 17.9. The Morgan fingerprint density at radius 2 is 0.244 bits per heavy atom. The molecule has 0 aliphatic heterocycles. The van der Waals surface area contributed by atoms with Crippen LogP contribution in [0.5, 0.6) is 0 Å². The molecule has 0 aliphatic carbocycles. The van der Waals surface area contributed by atoms with Crippen LogP contribution < -0.4 is 0 Å². The van der Waals surface area contributed by atoms with E-state index in [-0.39, 0.29) is 5.79 Å². The standard InChI is InChI=1S/2C25HF18O.CH3.Al/c2*26-7-1(3-11(30)19(38)23(42)20(39)12(3)31)8(27)16(35)5(15(7)34)25(44)6-17(36)9(28)2(10(29)18(6)37)4-13(32)21(40)24(43)22(41)14(4)33;;/h2*25H;1H3;/q2*-1;;+2. The van der Waals surface area contributed by atoms with Crippen molar-refractivity contribution in [3.05, 3.63) is 232 Å². The van der Waals surface area contributed by atoms with Crippen molar-refractivity contribution in [2.75, 3.05) is 0 Å². The smallest absolute Gasteiger partial charge is 0.469 e. The second-order valence-electron chi connectivity index (χ2n) is 17.6. The molecule has 0 atom stereocenters. The first-order valence-corrected chi connectivity index (χ1v) is 24.6. The average molecular weight is 1360 g/mol. The van der Waals surface area contributed by atoms with E-state index in [9.17, 15) is 87.8 Å². The van der Waals surface area contributed by atoms with E-state index >= 15 is 70.2 Å². The highest BCUT2D eigenvalue weighted by Gasteiger charge is 2.47. The molecule has 39 heteroatoms. The van der Waals surface area contributed by atoms with Gasteiger partial charge in [-0.25, -0.2) is 158 Å². The zero-order valence-electron chi connectivity index (χ0n) is 41.2. The van der Waals surface area contributed by atoms with Gasteiger partial charge in [-0.05, 0) is 0 Å². The zero-order chi connectivity index (χ0) is 67.9. The third-order valence-corrected chi connectivity index (χ3v) is 14.0. The minimum atomic E-state index is -6.07. The highest BCUT2D eigenvalue weighted by molar-refractivity contribution is 6.42. The molecule has 0 aliphatic rings. The Morgan fingerprint density at radius 3 is 0.356 bits per heavy atom. The first-order chi connectivity index (χ1) is 41.7. The summed E-state index contributed by atoms with van der Waals surface area (Å²) in [6.45, 7) is 0. The summed E-state index contributed by atoms with van der Waals surface area (Å²) in [6, 6.07) is 0. The van der Waals surface area contributed by atoms with Gasteiger partial charge in [0.25, 0.3) is 0 Å². The van der Waals surface area contributed by atoms with Gasteiger partial charge in [-0.15, -0.1) is 0 Å². The summed E-state index contributed by atoms with van der Waals surface area (Å²) in [4.78, 5) is 0. The van der Waals surface area contributed by atoms with Crippen LogP contribution in [0.3, 0.4) is 0 Å². The molecule has 0 amide bonds. The fourth-order valence-corrected chi connectivity index (χ4v) is 10.0. The Hall–Kier alpha value is -8.31. The molecule has 0 radical (unpaired) electrons. The van der Waals surface area contributed by atoms with Crippen molar-refractivity contribution < 1.29 is 166 Å². The lowest BCUT2D eigenvalue weighted by Gasteiger charge is -2.29. The van der Waals surface area contributed by atoms with E-state index in [0.29, 0.717) is 0 Å². The molecule has 0 aromatic heterocycles. The topological polar surface area (TPSA) is 18.5 Å². The molecule has 8 rings (SSSR count). The lowest BCUT2D eigenvalue weighted by Crippen LogP contribution is -2.30. The van der Waals surface area contributed by atoms with Crippen molar-refractivity contribution in [1.82, 2.24) is 0 Å². The van der Waals surface area contributed by atoms with Gasteiger partial charge in [0.05, 0.1) is 79.0 Å². The Balaban J connectivity index is 1.47. The Bertz CT molecular complexity index is 3710. The first kappa shape index (κ1) is 67.6. The molecule has 90 heavy (non-hydrogen) atoms. The fourth-order valence-electron chi connectivity index (χ4n) is 8.67. The van der Waals surface area contributed by atoms with Crippen LogP contribution in [0.2, 0.25) is 5.79 Å². The molecule has 0 N–H and O–H groups in total. The van der Waals surface area contributed by atoms with Crippen molar-refractivity contribution in [2.24, 2.45) is 0 Å². The van der Waals surface area contributed by atoms with Crippen LogP contribution in [0.25, 0.3) is 44.5 Å². The summed E-state index contributed by atoms with van der Waals surface area (Å²) in [7, 11) is 0. The lowest BCUT2D eigenvalue weighted by atomic mass is 9.92. The Morgan fingerprint density at radius 1 is 0.156 bits per heavy atom. The van der Waals surface area contributed by atoms with Gasteiger partial charge in [0.1, 0.15) is 0 Å². The molecular weight excluding hydrogens is 1360 g/mol. The van der Waals surface area contributed by atoms with Crippen LogP contribution in [0, 0.1) is 209 Å². The third-order valence-electron chi connectivity index (χ3n) is 12.7. The molecule has 8 aromatic carbocycles. The molecule has 2 nitrogen and oxygen atoms in total. The van der Waals surface area contributed by atoms with Crippen LogP contribution in [0.4, 0.5) is 158 Å². The number of benzene rings is 8. The van der Waals surface area contributed by atoms with E-state index in [1.807, 2.05) is 0 Å². The molecule has 0 unspecified atom stereocenters. The predicted octanol–water partition coefficient (Wildman–Crippen LogP) is 18.4. The highest BCUT2D eigenvalue weighted by Crippen LogP contribution is 2.49. The number of hydrogen-bond acceptors (Lipinski definition) is 2. The average Bonchev–Trinajstić information content (AvgIpc) is 0.746. The maximum atomic E-state index is 16.5. The van der Waals surface area contributed by atoms with Crippen molar-refractivity contribution in [3.8, 4) is 44.5 Å². The predicted molar refractivity (Wildman–Crippen MR) is 223 cm³/mol. The quantitative estimate of drug-likeness (QED) is 0.0525. The van der Waals surface area contributed by atoms with Crippen LogP contribution in [-0.4, -0.2) is 14.8 Å². The molecule has 0 fully saturated rings. The molecule has 0 spiro atoms. The monoisotopic (exact) mass is 1360 g/mol. The van der Waals surface area contributed by atoms with E-state index < -0.39 is 303 Å². The van der Waals surface area contributed by atoms with Gasteiger partial charge in [-0.3, -0.25) is 0 Å². The maximum Gasteiger partial charge on any atom is 0.672 e. The second kappa shape index (κ2) is 23.8. The largest absolute Gasteiger partial charge is 0.672 e. The zero-order valence-corrected chi connectivity index (χ0v) is 42.3. The van der Waals surface area contributed by atoms with E-state index in [1.54, 1.807) is 0 Å². The number of hydrogen-bond donors (Lipinski definition) is 0. The number of rotatable bonds is 12. The van der Waals surface area contributed by atoms with Gasteiger partial charge in [0.15, 0.2) is 186 Å². The van der Waals surface area contributed by atoms with Crippen molar-refractivity contribution in [1.29, 1.82) is 0 Å². The van der Waals surface area contributed by atoms with E-state index in [4.69, 9.17) is 7.58 Å². The van der Waals surface area contributed by atoms with Crippen LogP contribution >= 0.6 is 0 Å². The minimum absolute atomic E-state index is 0.269. The van der Waals surface area contributed by atoms with Crippen molar-refractivity contribution in [3.63, 3.8) is 0 Å². The van der Waals surface area contributed by atoms with Gasteiger partial charge < -0.3 is 7.58 Å². The Labute approximate surface area is 474 Å². The van der Waals surface area contributed by atoms with E-state index in [1.165, 1.54) is 0 Å². The molecule has 0 bridgehead atoms. The normalized spacial score (nSPS) is 11.9. The lowest BCUT2D eigenvalue weighted by molar-refractivity contribution is 0.119. The minimum Gasteiger partial charge on any atom is -0.469 e. The third kappa shape index (κ3) is 9.86. The summed E-state index contributed by atoms with van der Waals surface area (Å²) in [5, 5.41) is 0. The van der Waals surface area contributed by atoms with Gasteiger partial charge in [-0.1, -0.05) is 5.79 Å². The summed E-state index contributed by atoms with van der Waals surface area (Å²) in [5.74, 6) is -125. The summed E-state index contributed by atoms with van der Waals surface area (Å²) < 4.78 is 559. The second-order valence-corrected chi connectivity index (χ2v) is 19.2.